The number of anilines is 2. The van der Waals surface area contributed by atoms with Crippen molar-refractivity contribution in [1.29, 1.82) is 0 Å². The molecule has 0 saturated heterocycles. The van der Waals surface area contributed by atoms with Gasteiger partial charge < -0.3 is 15.8 Å². The second kappa shape index (κ2) is 6.03. The van der Waals surface area contributed by atoms with Gasteiger partial charge in [0.2, 0.25) is 0 Å². The predicted molar refractivity (Wildman–Crippen MR) is 61.3 cm³/mol. The number of ether oxygens (including phenoxy) is 1. The predicted octanol–water partition coefficient (Wildman–Crippen LogP) is 2.12. The molecule has 6 heteroatoms. The quantitative estimate of drug-likeness (QED) is 0.615. The molecule has 0 aliphatic carbocycles. The topological polar surface area (TPSA) is 64.3 Å². The van der Waals surface area contributed by atoms with Gasteiger partial charge in [-0.05, 0) is 19.1 Å². The number of benzene rings is 1. The molecule has 0 bridgehead atoms. The number of carbonyl (C=O) groups is 1. The van der Waals surface area contributed by atoms with E-state index in [2.05, 4.69) is 5.32 Å². The maximum absolute atomic E-state index is 12.1. The highest BCUT2D eigenvalue weighted by atomic mass is 19.3. The molecule has 0 aromatic heterocycles. The zero-order chi connectivity index (χ0) is 12.8. The Bertz CT molecular complexity index is 397. The summed E-state index contributed by atoms with van der Waals surface area (Å²) in [6.45, 7) is 1.30. The van der Waals surface area contributed by atoms with Gasteiger partial charge in [-0.25, -0.2) is 13.6 Å². The third kappa shape index (κ3) is 3.58. The van der Waals surface area contributed by atoms with Gasteiger partial charge in [-0.3, -0.25) is 0 Å². The van der Waals surface area contributed by atoms with Crippen LogP contribution in [0.5, 0.6) is 0 Å². The Morgan fingerprint density at radius 1 is 1.53 bits per heavy atom. The minimum absolute atomic E-state index is 0.160. The molecule has 0 heterocycles. The van der Waals surface area contributed by atoms with Crippen LogP contribution in [0.1, 0.15) is 17.3 Å². The maximum atomic E-state index is 12.1. The van der Waals surface area contributed by atoms with Crippen molar-refractivity contribution < 1.29 is 18.3 Å². The Morgan fingerprint density at radius 3 is 2.82 bits per heavy atom. The normalized spacial score (nSPS) is 10.4. The number of halogens is 2. The Labute approximate surface area is 97.8 Å². The number of para-hydroxylation sites is 1. The number of nitrogen functional groups attached to an aromatic ring is 1. The summed E-state index contributed by atoms with van der Waals surface area (Å²) in [6.07, 6.45) is -2.52. The highest BCUT2D eigenvalue weighted by Gasteiger charge is 2.15. The number of hydrogen-bond acceptors (Lipinski definition) is 4. The summed E-state index contributed by atoms with van der Waals surface area (Å²) in [5.41, 5.74) is 6.21. The lowest BCUT2D eigenvalue weighted by Crippen LogP contribution is -2.16. The van der Waals surface area contributed by atoms with Crippen molar-refractivity contribution >= 4 is 17.3 Å². The first kappa shape index (κ1) is 13.2. The number of nitrogens with two attached hydrogens (primary N) is 1. The van der Waals surface area contributed by atoms with E-state index in [0.29, 0.717) is 0 Å². The Hall–Kier alpha value is -1.85. The largest absolute Gasteiger partial charge is 0.462 e. The van der Waals surface area contributed by atoms with Gasteiger partial charge in [0.25, 0.3) is 6.43 Å². The van der Waals surface area contributed by atoms with E-state index >= 15 is 0 Å². The summed E-state index contributed by atoms with van der Waals surface area (Å²) in [7, 11) is 0. The molecule has 0 aliphatic heterocycles. The SMILES string of the molecule is CCOC(=O)c1cccc(N)c1NCC(F)F. The second-order valence-electron chi connectivity index (χ2n) is 3.26. The van der Waals surface area contributed by atoms with Crippen LogP contribution in [0.2, 0.25) is 0 Å². The minimum Gasteiger partial charge on any atom is -0.462 e. The van der Waals surface area contributed by atoms with Crippen LogP contribution < -0.4 is 11.1 Å². The monoisotopic (exact) mass is 244 g/mol. The number of carbonyl (C=O) groups excluding carboxylic acids is 1. The Morgan fingerprint density at radius 2 is 2.24 bits per heavy atom. The van der Waals surface area contributed by atoms with Crippen LogP contribution in [-0.2, 0) is 4.74 Å². The fraction of sp³-hybridized carbons (Fsp3) is 0.364. The molecule has 0 unspecified atom stereocenters. The molecule has 0 fully saturated rings. The first-order chi connectivity index (χ1) is 8.06. The van der Waals surface area contributed by atoms with Gasteiger partial charge >= 0.3 is 5.97 Å². The number of rotatable bonds is 5. The fourth-order valence-electron chi connectivity index (χ4n) is 1.33. The van der Waals surface area contributed by atoms with Crippen molar-refractivity contribution in [3.05, 3.63) is 23.8 Å². The molecule has 3 N–H and O–H groups in total. The lowest BCUT2D eigenvalue weighted by atomic mass is 10.1. The smallest absolute Gasteiger partial charge is 0.340 e. The molecule has 0 saturated carbocycles. The van der Waals surface area contributed by atoms with Gasteiger partial charge in [-0.15, -0.1) is 0 Å². The first-order valence-corrected chi connectivity index (χ1v) is 5.13. The average Bonchev–Trinajstić information content (AvgIpc) is 2.27. The third-order valence-corrected chi connectivity index (χ3v) is 2.03. The van der Waals surface area contributed by atoms with Crippen molar-refractivity contribution in [2.75, 3.05) is 24.2 Å². The number of nitrogens with one attached hydrogen (secondary N) is 1. The van der Waals surface area contributed by atoms with E-state index in [9.17, 15) is 13.6 Å². The van der Waals surface area contributed by atoms with Crippen molar-refractivity contribution in [2.24, 2.45) is 0 Å². The van der Waals surface area contributed by atoms with Crippen molar-refractivity contribution in [1.82, 2.24) is 0 Å². The van der Waals surface area contributed by atoms with Crippen LogP contribution in [0.25, 0.3) is 0 Å². The minimum atomic E-state index is -2.52. The lowest BCUT2D eigenvalue weighted by Gasteiger charge is -2.13. The van der Waals surface area contributed by atoms with E-state index in [1.807, 2.05) is 0 Å². The zero-order valence-electron chi connectivity index (χ0n) is 9.37. The van der Waals surface area contributed by atoms with Gasteiger partial charge in [-0.1, -0.05) is 6.07 Å². The molecule has 0 amide bonds. The zero-order valence-corrected chi connectivity index (χ0v) is 9.37. The first-order valence-electron chi connectivity index (χ1n) is 5.13. The number of hydrogen-bond donors (Lipinski definition) is 2. The second-order valence-corrected chi connectivity index (χ2v) is 3.26. The molecule has 0 spiro atoms. The van der Waals surface area contributed by atoms with Gasteiger partial charge in [-0.2, -0.15) is 0 Å². The van der Waals surface area contributed by atoms with Gasteiger partial charge in [0.1, 0.15) is 0 Å². The molecular weight excluding hydrogens is 230 g/mol. The molecule has 4 nitrogen and oxygen atoms in total. The average molecular weight is 244 g/mol. The summed E-state index contributed by atoms with van der Waals surface area (Å²) < 4.78 is 29.0. The van der Waals surface area contributed by atoms with Gasteiger partial charge in [0.15, 0.2) is 0 Å². The highest BCUT2D eigenvalue weighted by molar-refractivity contribution is 5.98. The summed E-state index contributed by atoms with van der Waals surface area (Å²) in [5.74, 6) is -0.587. The molecule has 1 aromatic rings. The van der Waals surface area contributed by atoms with Crippen LogP contribution in [0.4, 0.5) is 20.2 Å². The van der Waals surface area contributed by atoms with Crippen molar-refractivity contribution in [2.45, 2.75) is 13.3 Å². The molecule has 0 atom stereocenters. The molecule has 0 radical (unpaired) electrons. The van der Waals surface area contributed by atoms with Crippen LogP contribution in [-0.4, -0.2) is 25.5 Å². The standard InChI is InChI=1S/C11H14F2N2O2/c1-2-17-11(16)7-4-3-5-8(14)10(7)15-6-9(12)13/h3-5,9,15H,2,6,14H2,1H3. The Kier molecular flexibility index (Phi) is 4.68. The highest BCUT2D eigenvalue weighted by Crippen LogP contribution is 2.24. The van der Waals surface area contributed by atoms with Gasteiger partial charge in [0.05, 0.1) is 30.1 Å². The molecule has 1 rings (SSSR count). The van der Waals surface area contributed by atoms with Crippen LogP contribution in [0.3, 0.4) is 0 Å². The fourth-order valence-corrected chi connectivity index (χ4v) is 1.33. The summed E-state index contributed by atoms with van der Waals surface area (Å²) in [6, 6.07) is 4.56. The Balaban J connectivity index is 2.95. The third-order valence-electron chi connectivity index (χ3n) is 2.03. The maximum Gasteiger partial charge on any atom is 0.340 e. The van der Waals surface area contributed by atoms with Crippen LogP contribution in [0, 0.1) is 0 Å². The van der Waals surface area contributed by atoms with Crippen LogP contribution >= 0.6 is 0 Å². The van der Waals surface area contributed by atoms with E-state index in [-0.39, 0.29) is 23.5 Å². The molecule has 17 heavy (non-hydrogen) atoms. The van der Waals surface area contributed by atoms with E-state index in [4.69, 9.17) is 10.5 Å². The van der Waals surface area contributed by atoms with Gasteiger partial charge in [0, 0.05) is 0 Å². The summed E-state index contributed by atoms with van der Waals surface area (Å²) in [5, 5.41) is 2.44. The van der Waals surface area contributed by atoms with E-state index in [1.165, 1.54) is 12.1 Å². The van der Waals surface area contributed by atoms with E-state index < -0.39 is 18.9 Å². The van der Waals surface area contributed by atoms with E-state index in [0.717, 1.165) is 0 Å². The number of esters is 1. The van der Waals surface area contributed by atoms with Crippen molar-refractivity contribution in [3.8, 4) is 0 Å². The lowest BCUT2D eigenvalue weighted by molar-refractivity contribution is 0.0527. The van der Waals surface area contributed by atoms with Crippen molar-refractivity contribution in [3.63, 3.8) is 0 Å². The summed E-state index contributed by atoms with van der Waals surface area (Å²) >= 11 is 0. The molecular formula is C11H14F2N2O2. The van der Waals surface area contributed by atoms with E-state index in [1.54, 1.807) is 13.0 Å². The summed E-state index contributed by atoms with van der Waals surface area (Å²) in [4.78, 5) is 11.6. The molecule has 1 aromatic carbocycles. The molecule has 94 valence electrons. The molecule has 0 aliphatic rings. The number of alkyl halides is 2. The van der Waals surface area contributed by atoms with Crippen LogP contribution in [0.15, 0.2) is 18.2 Å².